The number of ether oxygens (including phenoxy) is 1. The maximum Gasteiger partial charge on any atom is 0.164 e. The van der Waals surface area contributed by atoms with Crippen LogP contribution in [-0.4, -0.2) is 25.3 Å². The quantitative estimate of drug-likeness (QED) is 0.887. The molecule has 0 spiro atoms. The minimum absolute atomic E-state index is 0.136. The number of phenols is 1. The number of hydrogen-bond donors (Lipinski definition) is 2. The van der Waals surface area contributed by atoms with E-state index in [4.69, 9.17) is 16.3 Å². The second-order valence-electron chi connectivity index (χ2n) is 4.91. The summed E-state index contributed by atoms with van der Waals surface area (Å²) in [5.74, 6) is 1.35. The number of nitrogens with one attached hydrogen (secondary N) is 1. The molecule has 1 saturated heterocycles. The van der Waals surface area contributed by atoms with Gasteiger partial charge in [0, 0.05) is 16.7 Å². The van der Waals surface area contributed by atoms with Crippen LogP contribution in [0.15, 0.2) is 6.07 Å². The summed E-state index contributed by atoms with van der Waals surface area (Å²) in [6.07, 6.45) is 3.25. The fourth-order valence-electron chi connectivity index (χ4n) is 2.61. The third-order valence-electron chi connectivity index (χ3n) is 3.74. The van der Waals surface area contributed by atoms with E-state index in [0.717, 1.165) is 43.5 Å². The monoisotopic (exact) mass is 269 g/mol. The van der Waals surface area contributed by atoms with Crippen molar-refractivity contribution in [1.82, 2.24) is 5.32 Å². The van der Waals surface area contributed by atoms with Gasteiger partial charge >= 0.3 is 0 Å². The highest BCUT2D eigenvalue weighted by Gasteiger charge is 2.20. The molecule has 0 radical (unpaired) electrons. The Hall–Kier alpha value is -0.930. The van der Waals surface area contributed by atoms with Crippen LogP contribution in [0.2, 0.25) is 5.02 Å². The molecule has 0 unspecified atom stereocenters. The molecule has 0 aromatic heterocycles. The maximum absolute atomic E-state index is 9.90. The maximum atomic E-state index is 9.90. The van der Waals surface area contributed by atoms with E-state index in [0.29, 0.717) is 16.7 Å². The summed E-state index contributed by atoms with van der Waals surface area (Å²) in [5, 5.41) is 13.9. The van der Waals surface area contributed by atoms with Crippen molar-refractivity contribution in [2.45, 2.75) is 26.2 Å². The summed E-state index contributed by atoms with van der Waals surface area (Å²) in [4.78, 5) is 0. The molecule has 2 N–H and O–H groups in total. The normalized spacial score (nSPS) is 16.8. The Morgan fingerprint density at radius 2 is 2.11 bits per heavy atom. The molecule has 3 nitrogen and oxygen atoms in total. The molecule has 1 fully saturated rings. The standard InChI is InChI=1S/C14H20ClNO2/c1-9-11(7-10-3-5-16-6-4-10)14(18-2)13(17)8-12(9)15/h8,10,16-17H,3-7H2,1-2H3. The van der Waals surface area contributed by atoms with Crippen LogP contribution in [0.4, 0.5) is 0 Å². The summed E-state index contributed by atoms with van der Waals surface area (Å²) in [7, 11) is 1.59. The van der Waals surface area contributed by atoms with E-state index < -0.39 is 0 Å². The van der Waals surface area contributed by atoms with Crippen molar-refractivity contribution in [1.29, 1.82) is 0 Å². The molecule has 0 saturated carbocycles. The molecule has 1 aromatic carbocycles. The minimum Gasteiger partial charge on any atom is -0.504 e. The zero-order valence-corrected chi connectivity index (χ0v) is 11.7. The number of hydrogen-bond acceptors (Lipinski definition) is 3. The average Bonchev–Trinajstić information content (AvgIpc) is 2.37. The van der Waals surface area contributed by atoms with Gasteiger partial charge in [-0.1, -0.05) is 11.6 Å². The summed E-state index contributed by atoms with van der Waals surface area (Å²) in [5.41, 5.74) is 2.07. The molecule has 4 heteroatoms. The van der Waals surface area contributed by atoms with Crippen LogP contribution in [0.5, 0.6) is 11.5 Å². The second-order valence-corrected chi connectivity index (χ2v) is 5.32. The van der Waals surface area contributed by atoms with Crippen LogP contribution in [0, 0.1) is 12.8 Å². The lowest BCUT2D eigenvalue weighted by atomic mass is 9.88. The molecule has 2 rings (SSSR count). The molecule has 100 valence electrons. The molecule has 1 aromatic rings. The molecule has 1 heterocycles. The molecule has 18 heavy (non-hydrogen) atoms. The molecule has 0 atom stereocenters. The lowest BCUT2D eigenvalue weighted by molar-refractivity contribution is 0.347. The summed E-state index contributed by atoms with van der Waals surface area (Å²) in [6, 6.07) is 1.56. The molecule has 0 aliphatic carbocycles. The fraction of sp³-hybridized carbons (Fsp3) is 0.571. The van der Waals surface area contributed by atoms with Gasteiger partial charge in [0.2, 0.25) is 0 Å². The second kappa shape index (κ2) is 5.81. The van der Waals surface area contributed by atoms with Crippen molar-refractivity contribution < 1.29 is 9.84 Å². The number of methoxy groups -OCH3 is 1. The number of rotatable bonds is 3. The van der Waals surface area contributed by atoms with Gasteiger partial charge in [-0.15, -0.1) is 0 Å². The van der Waals surface area contributed by atoms with Crippen molar-refractivity contribution in [3.63, 3.8) is 0 Å². The number of aromatic hydroxyl groups is 1. The Morgan fingerprint density at radius 3 is 2.72 bits per heavy atom. The smallest absolute Gasteiger partial charge is 0.164 e. The van der Waals surface area contributed by atoms with E-state index in [1.165, 1.54) is 0 Å². The summed E-state index contributed by atoms with van der Waals surface area (Å²) < 4.78 is 5.33. The van der Waals surface area contributed by atoms with Gasteiger partial charge in [0.1, 0.15) is 0 Å². The number of piperidine rings is 1. The Bertz CT molecular complexity index is 428. The van der Waals surface area contributed by atoms with Crippen molar-refractivity contribution in [2.24, 2.45) is 5.92 Å². The zero-order valence-electron chi connectivity index (χ0n) is 10.9. The van der Waals surface area contributed by atoms with E-state index in [1.807, 2.05) is 6.92 Å². The predicted molar refractivity (Wildman–Crippen MR) is 73.7 cm³/mol. The average molecular weight is 270 g/mol. The zero-order chi connectivity index (χ0) is 13.1. The Balaban J connectivity index is 2.29. The first-order valence-electron chi connectivity index (χ1n) is 6.39. The topological polar surface area (TPSA) is 41.5 Å². The van der Waals surface area contributed by atoms with E-state index >= 15 is 0 Å². The van der Waals surface area contributed by atoms with Crippen LogP contribution < -0.4 is 10.1 Å². The first kappa shape index (κ1) is 13.5. The minimum atomic E-state index is 0.136. The lowest BCUT2D eigenvalue weighted by Crippen LogP contribution is -2.28. The molecule has 1 aliphatic rings. The third kappa shape index (κ3) is 2.73. The summed E-state index contributed by atoms with van der Waals surface area (Å²) in [6.45, 7) is 4.12. The van der Waals surface area contributed by atoms with Crippen LogP contribution in [0.3, 0.4) is 0 Å². The van der Waals surface area contributed by atoms with E-state index in [2.05, 4.69) is 5.32 Å². The van der Waals surface area contributed by atoms with Crippen LogP contribution in [0.1, 0.15) is 24.0 Å². The van der Waals surface area contributed by atoms with Crippen LogP contribution in [0.25, 0.3) is 0 Å². The Morgan fingerprint density at radius 1 is 1.44 bits per heavy atom. The molecule has 0 bridgehead atoms. The van der Waals surface area contributed by atoms with Crippen LogP contribution in [-0.2, 0) is 6.42 Å². The molecule has 1 aliphatic heterocycles. The molecular formula is C14H20ClNO2. The van der Waals surface area contributed by atoms with Gasteiger partial charge < -0.3 is 15.2 Å². The number of halogens is 1. The van der Waals surface area contributed by atoms with Gasteiger partial charge in [-0.3, -0.25) is 0 Å². The van der Waals surface area contributed by atoms with Crippen molar-refractivity contribution in [3.8, 4) is 11.5 Å². The molecular weight excluding hydrogens is 250 g/mol. The highest BCUT2D eigenvalue weighted by atomic mass is 35.5. The number of benzene rings is 1. The summed E-state index contributed by atoms with van der Waals surface area (Å²) >= 11 is 6.14. The Kier molecular flexibility index (Phi) is 4.36. The third-order valence-corrected chi connectivity index (χ3v) is 4.13. The van der Waals surface area contributed by atoms with Gasteiger partial charge in [-0.05, 0) is 50.8 Å². The molecule has 0 amide bonds. The van der Waals surface area contributed by atoms with E-state index in [-0.39, 0.29) is 5.75 Å². The Labute approximate surface area is 113 Å². The lowest BCUT2D eigenvalue weighted by Gasteiger charge is -2.24. The van der Waals surface area contributed by atoms with Crippen molar-refractivity contribution >= 4 is 11.6 Å². The first-order chi connectivity index (χ1) is 8.63. The van der Waals surface area contributed by atoms with Crippen molar-refractivity contribution in [3.05, 3.63) is 22.2 Å². The van der Waals surface area contributed by atoms with Gasteiger partial charge in [-0.2, -0.15) is 0 Å². The SMILES string of the molecule is COc1c(O)cc(Cl)c(C)c1CC1CCNCC1. The highest BCUT2D eigenvalue weighted by molar-refractivity contribution is 6.31. The van der Waals surface area contributed by atoms with E-state index in [1.54, 1.807) is 13.2 Å². The van der Waals surface area contributed by atoms with Gasteiger partial charge in [0.05, 0.1) is 7.11 Å². The van der Waals surface area contributed by atoms with Gasteiger partial charge in [-0.25, -0.2) is 0 Å². The van der Waals surface area contributed by atoms with E-state index in [9.17, 15) is 5.11 Å². The highest BCUT2D eigenvalue weighted by Crippen LogP contribution is 2.39. The predicted octanol–water partition coefficient (Wildman–Crippen LogP) is 2.90. The first-order valence-corrected chi connectivity index (χ1v) is 6.77. The van der Waals surface area contributed by atoms with Gasteiger partial charge in [0.25, 0.3) is 0 Å². The largest absolute Gasteiger partial charge is 0.504 e. The van der Waals surface area contributed by atoms with Gasteiger partial charge in [0.15, 0.2) is 11.5 Å². The van der Waals surface area contributed by atoms with Crippen LogP contribution >= 0.6 is 11.6 Å². The fourth-order valence-corrected chi connectivity index (χ4v) is 2.83. The number of phenolic OH excluding ortho intramolecular Hbond substituents is 1. The van der Waals surface area contributed by atoms with Crippen molar-refractivity contribution in [2.75, 3.05) is 20.2 Å².